The third kappa shape index (κ3) is 3.63. The van der Waals surface area contributed by atoms with E-state index in [1.807, 2.05) is 0 Å². The maximum atomic E-state index is 12.1. The third-order valence-electron chi connectivity index (χ3n) is 3.67. The maximum Gasteiger partial charge on any atom is 0.255 e. The van der Waals surface area contributed by atoms with Crippen molar-refractivity contribution in [2.45, 2.75) is 38.3 Å². The summed E-state index contributed by atoms with van der Waals surface area (Å²) in [6.45, 7) is 2.72. The van der Waals surface area contributed by atoms with Gasteiger partial charge in [-0.05, 0) is 38.0 Å². The zero-order valence-electron chi connectivity index (χ0n) is 12.0. The number of methoxy groups -OCH3 is 1. The SMILES string of the molecule is COc1ccc(O)c(C(=O)NCC2CCCC(C)N2)c1. The minimum absolute atomic E-state index is 0.0340. The van der Waals surface area contributed by atoms with E-state index < -0.39 is 0 Å². The molecule has 1 amide bonds. The van der Waals surface area contributed by atoms with Gasteiger partial charge < -0.3 is 20.5 Å². The van der Waals surface area contributed by atoms with Crippen molar-refractivity contribution in [3.8, 4) is 11.5 Å². The minimum Gasteiger partial charge on any atom is -0.507 e. The summed E-state index contributed by atoms with van der Waals surface area (Å²) in [5.41, 5.74) is 0.244. The molecule has 0 spiro atoms. The summed E-state index contributed by atoms with van der Waals surface area (Å²) in [7, 11) is 1.53. The number of amides is 1. The van der Waals surface area contributed by atoms with Gasteiger partial charge in [0.15, 0.2) is 0 Å². The normalized spacial score (nSPS) is 22.3. The summed E-state index contributed by atoms with van der Waals surface area (Å²) >= 11 is 0. The van der Waals surface area contributed by atoms with Crippen LogP contribution in [0, 0.1) is 0 Å². The molecule has 0 aliphatic carbocycles. The molecule has 0 aromatic heterocycles. The number of phenols is 1. The second kappa shape index (κ2) is 6.61. The topological polar surface area (TPSA) is 70.6 Å². The Balaban J connectivity index is 1.94. The molecule has 2 atom stereocenters. The predicted octanol–water partition coefficient (Wildman–Crippen LogP) is 1.66. The van der Waals surface area contributed by atoms with Gasteiger partial charge in [-0.1, -0.05) is 6.42 Å². The minimum atomic E-state index is -0.276. The summed E-state index contributed by atoms with van der Waals surface area (Å²) in [6.07, 6.45) is 3.43. The van der Waals surface area contributed by atoms with E-state index in [4.69, 9.17) is 4.74 Å². The van der Waals surface area contributed by atoms with Crippen molar-refractivity contribution in [3.63, 3.8) is 0 Å². The Morgan fingerprint density at radius 2 is 2.30 bits per heavy atom. The number of carbonyl (C=O) groups is 1. The average molecular weight is 278 g/mol. The molecule has 3 N–H and O–H groups in total. The van der Waals surface area contributed by atoms with Crippen molar-refractivity contribution in [2.24, 2.45) is 0 Å². The second-order valence-corrected chi connectivity index (χ2v) is 5.29. The van der Waals surface area contributed by atoms with Crippen molar-refractivity contribution in [3.05, 3.63) is 23.8 Å². The summed E-state index contributed by atoms with van der Waals surface area (Å²) in [5, 5.41) is 16.1. The first-order valence-electron chi connectivity index (χ1n) is 7.01. The molecule has 1 saturated heterocycles. The Morgan fingerprint density at radius 1 is 1.50 bits per heavy atom. The average Bonchev–Trinajstić information content (AvgIpc) is 2.45. The Labute approximate surface area is 119 Å². The number of aromatic hydroxyl groups is 1. The molecule has 1 aliphatic heterocycles. The molecule has 1 aromatic rings. The van der Waals surface area contributed by atoms with Gasteiger partial charge in [0.1, 0.15) is 11.5 Å². The zero-order valence-corrected chi connectivity index (χ0v) is 12.0. The predicted molar refractivity (Wildman–Crippen MR) is 77.2 cm³/mol. The van der Waals surface area contributed by atoms with E-state index in [0.29, 0.717) is 24.4 Å². The van der Waals surface area contributed by atoms with Gasteiger partial charge in [-0.25, -0.2) is 0 Å². The number of benzene rings is 1. The number of nitrogens with one attached hydrogen (secondary N) is 2. The highest BCUT2D eigenvalue weighted by molar-refractivity contribution is 5.97. The highest BCUT2D eigenvalue weighted by Crippen LogP contribution is 2.22. The monoisotopic (exact) mass is 278 g/mol. The molecule has 5 nitrogen and oxygen atoms in total. The van der Waals surface area contributed by atoms with Gasteiger partial charge >= 0.3 is 0 Å². The van der Waals surface area contributed by atoms with E-state index in [1.165, 1.54) is 26.0 Å². The van der Waals surface area contributed by atoms with Crippen LogP contribution in [0.15, 0.2) is 18.2 Å². The van der Waals surface area contributed by atoms with Crippen LogP contribution in [0.1, 0.15) is 36.5 Å². The van der Waals surface area contributed by atoms with Crippen molar-refractivity contribution in [2.75, 3.05) is 13.7 Å². The van der Waals surface area contributed by atoms with Gasteiger partial charge in [0, 0.05) is 18.6 Å². The molecular weight excluding hydrogens is 256 g/mol. The first-order valence-corrected chi connectivity index (χ1v) is 7.01. The van der Waals surface area contributed by atoms with Crippen molar-refractivity contribution >= 4 is 5.91 Å². The molecule has 20 heavy (non-hydrogen) atoms. The van der Waals surface area contributed by atoms with Gasteiger partial charge in [0.25, 0.3) is 5.91 Å². The molecule has 5 heteroatoms. The smallest absolute Gasteiger partial charge is 0.255 e. The largest absolute Gasteiger partial charge is 0.507 e. The molecule has 1 aliphatic rings. The summed E-state index contributed by atoms with van der Waals surface area (Å²) < 4.78 is 5.07. The first-order chi connectivity index (χ1) is 9.60. The fraction of sp³-hybridized carbons (Fsp3) is 0.533. The summed E-state index contributed by atoms with van der Waals surface area (Å²) in [4.78, 5) is 12.1. The lowest BCUT2D eigenvalue weighted by molar-refractivity contribution is 0.0943. The number of rotatable bonds is 4. The lowest BCUT2D eigenvalue weighted by Crippen LogP contribution is -2.47. The molecule has 0 radical (unpaired) electrons. The van der Waals surface area contributed by atoms with Gasteiger partial charge in [-0.3, -0.25) is 4.79 Å². The highest BCUT2D eigenvalue weighted by Gasteiger charge is 2.19. The molecule has 1 fully saturated rings. The van der Waals surface area contributed by atoms with Crippen LogP contribution in [0.5, 0.6) is 11.5 Å². The first kappa shape index (κ1) is 14.7. The molecule has 110 valence electrons. The Kier molecular flexibility index (Phi) is 4.84. The Bertz CT molecular complexity index is 476. The van der Waals surface area contributed by atoms with Crippen LogP contribution < -0.4 is 15.4 Å². The Hall–Kier alpha value is -1.75. The van der Waals surface area contributed by atoms with Crippen LogP contribution in [-0.2, 0) is 0 Å². The van der Waals surface area contributed by atoms with Crippen LogP contribution in [0.2, 0.25) is 0 Å². The quantitative estimate of drug-likeness (QED) is 0.783. The van der Waals surface area contributed by atoms with E-state index >= 15 is 0 Å². The van der Waals surface area contributed by atoms with E-state index in [9.17, 15) is 9.90 Å². The van der Waals surface area contributed by atoms with Crippen LogP contribution in [-0.4, -0.2) is 36.8 Å². The number of carbonyl (C=O) groups excluding carboxylic acids is 1. The second-order valence-electron chi connectivity index (χ2n) is 5.29. The van der Waals surface area contributed by atoms with Crippen LogP contribution in [0.4, 0.5) is 0 Å². The van der Waals surface area contributed by atoms with Crippen LogP contribution in [0.3, 0.4) is 0 Å². The Morgan fingerprint density at radius 3 is 3.00 bits per heavy atom. The van der Waals surface area contributed by atoms with Crippen molar-refractivity contribution in [1.29, 1.82) is 0 Å². The molecule has 2 unspecified atom stereocenters. The van der Waals surface area contributed by atoms with E-state index in [0.717, 1.165) is 6.42 Å². The maximum absolute atomic E-state index is 12.1. The number of hydrogen-bond acceptors (Lipinski definition) is 4. The van der Waals surface area contributed by atoms with Gasteiger partial charge in [0.05, 0.1) is 12.7 Å². The van der Waals surface area contributed by atoms with Gasteiger partial charge in [0.2, 0.25) is 0 Å². The molecule has 1 heterocycles. The lowest BCUT2D eigenvalue weighted by Gasteiger charge is -2.28. The number of ether oxygens (including phenoxy) is 1. The van der Waals surface area contributed by atoms with Crippen molar-refractivity contribution < 1.29 is 14.6 Å². The van der Waals surface area contributed by atoms with Crippen LogP contribution in [0.25, 0.3) is 0 Å². The molecule has 0 saturated carbocycles. The number of hydrogen-bond donors (Lipinski definition) is 3. The third-order valence-corrected chi connectivity index (χ3v) is 3.67. The van der Waals surface area contributed by atoms with E-state index in [2.05, 4.69) is 17.6 Å². The van der Waals surface area contributed by atoms with Crippen molar-refractivity contribution in [1.82, 2.24) is 10.6 Å². The fourth-order valence-electron chi connectivity index (χ4n) is 2.54. The van der Waals surface area contributed by atoms with E-state index in [-0.39, 0.29) is 17.2 Å². The summed E-state index contributed by atoms with van der Waals surface area (Å²) in [5.74, 6) is 0.243. The van der Waals surface area contributed by atoms with Crippen LogP contribution >= 0.6 is 0 Å². The summed E-state index contributed by atoms with van der Waals surface area (Å²) in [6, 6.07) is 5.43. The van der Waals surface area contributed by atoms with Gasteiger partial charge in [-0.15, -0.1) is 0 Å². The number of phenolic OH excluding ortho intramolecular Hbond substituents is 1. The standard InChI is InChI=1S/C15H22N2O3/c1-10-4-3-5-11(17-10)9-16-15(19)13-8-12(20-2)6-7-14(13)18/h6-8,10-11,17-18H,3-5,9H2,1-2H3,(H,16,19). The zero-order chi connectivity index (χ0) is 14.5. The molecule has 1 aromatic carbocycles. The molecule has 2 rings (SSSR count). The molecule has 0 bridgehead atoms. The molecular formula is C15H22N2O3. The lowest BCUT2D eigenvalue weighted by atomic mass is 9.99. The number of piperidine rings is 1. The fourth-order valence-corrected chi connectivity index (χ4v) is 2.54. The van der Waals surface area contributed by atoms with Gasteiger partial charge in [-0.2, -0.15) is 0 Å². The van der Waals surface area contributed by atoms with E-state index in [1.54, 1.807) is 12.1 Å². The highest BCUT2D eigenvalue weighted by atomic mass is 16.5.